The summed E-state index contributed by atoms with van der Waals surface area (Å²) in [5, 5.41) is 25.6. The summed E-state index contributed by atoms with van der Waals surface area (Å²) in [4.78, 5) is 22.7. The van der Waals surface area contributed by atoms with Gasteiger partial charge in [-0.2, -0.15) is 5.10 Å². The molecule has 9 heteroatoms. The van der Waals surface area contributed by atoms with Crippen molar-refractivity contribution in [2.75, 3.05) is 5.32 Å². The molecule has 0 spiro atoms. The monoisotopic (exact) mass is 336 g/mol. The first-order valence-electron chi connectivity index (χ1n) is 7.23. The fourth-order valence-corrected chi connectivity index (χ4v) is 2.17. The third-order valence-corrected chi connectivity index (χ3v) is 2.99. The number of carboxylic acid groups (broad SMARTS) is 1. The maximum Gasteiger partial charge on any atom is 0.412 e. The standard InChI is InChI=1S/C15H20N4O5/c1-15(2,3)24-14(23)17-8-4-5-10-9(6-8)12(13(16)22)18-19(10)7-11(20)21/h4-6,13,22H,7,16H2,1-3H3,(H,17,23)(H,20,21). The second kappa shape index (κ2) is 6.46. The van der Waals surface area contributed by atoms with E-state index in [2.05, 4.69) is 10.4 Å². The molecule has 1 aromatic carbocycles. The van der Waals surface area contributed by atoms with E-state index in [4.69, 9.17) is 15.6 Å². The van der Waals surface area contributed by atoms with E-state index in [-0.39, 0.29) is 12.2 Å². The van der Waals surface area contributed by atoms with E-state index >= 15 is 0 Å². The van der Waals surface area contributed by atoms with Crippen LogP contribution in [0.4, 0.5) is 10.5 Å². The highest BCUT2D eigenvalue weighted by Crippen LogP contribution is 2.25. The molecule has 1 atom stereocenters. The number of fused-ring (bicyclic) bond motifs is 1. The quantitative estimate of drug-likeness (QED) is 0.619. The Morgan fingerprint density at radius 3 is 2.62 bits per heavy atom. The fraction of sp³-hybridized carbons (Fsp3) is 0.400. The lowest BCUT2D eigenvalue weighted by Gasteiger charge is -2.19. The summed E-state index contributed by atoms with van der Waals surface area (Å²) in [6.07, 6.45) is -2.01. The normalized spacial score (nSPS) is 12.9. The van der Waals surface area contributed by atoms with Gasteiger partial charge in [-0.25, -0.2) is 4.79 Å². The van der Waals surface area contributed by atoms with E-state index in [1.807, 2.05) is 0 Å². The second-order valence-electron chi connectivity index (χ2n) is 6.24. The number of amides is 1. The number of nitrogens with zero attached hydrogens (tertiary/aromatic N) is 2. The highest BCUT2D eigenvalue weighted by Gasteiger charge is 2.19. The van der Waals surface area contributed by atoms with Crippen LogP contribution in [0.1, 0.15) is 32.7 Å². The molecule has 0 bridgehead atoms. The zero-order chi connectivity index (χ0) is 18.1. The van der Waals surface area contributed by atoms with Crippen molar-refractivity contribution in [3.8, 4) is 0 Å². The van der Waals surface area contributed by atoms with Gasteiger partial charge in [-0.05, 0) is 39.0 Å². The Morgan fingerprint density at radius 1 is 1.42 bits per heavy atom. The lowest BCUT2D eigenvalue weighted by atomic mass is 10.1. The van der Waals surface area contributed by atoms with Crippen molar-refractivity contribution in [1.29, 1.82) is 0 Å². The van der Waals surface area contributed by atoms with Crippen LogP contribution in [0.25, 0.3) is 10.9 Å². The van der Waals surface area contributed by atoms with Crippen LogP contribution < -0.4 is 11.1 Å². The SMILES string of the molecule is CC(C)(C)OC(=O)Nc1ccc2c(c1)c(C(N)O)nn2CC(=O)O. The van der Waals surface area contributed by atoms with E-state index in [1.165, 1.54) is 4.68 Å². The van der Waals surface area contributed by atoms with E-state index in [0.717, 1.165) is 0 Å². The summed E-state index contributed by atoms with van der Waals surface area (Å²) < 4.78 is 6.39. The Bertz CT molecular complexity index is 776. The minimum absolute atomic E-state index is 0.124. The van der Waals surface area contributed by atoms with Gasteiger partial charge in [0.25, 0.3) is 0 Å². The highest BCUT2D eigenvalue weighted by atomic mass is 16.6. The molecule has 5 N–H and O–H groups in total. The maximum absolute atomic E-state index is 11.8. The van der Waals surface area contributed by atoms with Crippen LogP contribution in [0.2, 0.25) is 0 Å². The van der Waals surface area contributed by atoms with Crippen LogP contribution in [0.5, 0.6) is 0 Å². The van der Waals surface area contributed by atoms with Crippen molar-refractivity contribution in [3.05, 3.63) is 23.9 Å². The number of rotatable bonds is 4. The van der Waals surface area contributed by atoms with Gasteiger partial charge in [0.15, 0.2) is 0 Å². The molecule has 0 aliphatic carbocycles. The molecular weight excluding hydrogens is 316 g/mol. The minimum Gasteiger partial charge on any atom is -0.480 e. The van der Waals surface area contributed by atoms with Crippen molar-refractivity contribution in [1.82, 2.24) is 9.78 Å². The second-order valence-corrected chi connectivity index (χ2v) is 6.24. The molecule has 0 saturated carbocycles. The third kappa shape index (κ3) is 4.21. The summed E-state index contributed by atoms with van der Waals surface area (Å²) in [7, 11) is 0. The molecule has 9 nitrogen and oxygen atoms in total. The average molecular weight is 336 g/mol. The predicted octanol–water partition coefficient (Wildman–Crippen LogP) is 1.42. The molecule has 2 rings (SSSR count). The number of aliphatic carboxylic acids is 1. The molecule has 1 heterocycles. The van der Waals surface area contributed by atoms with Crippen LogP contribution >= 0.6 is 0 Å². The number of benzene rings is 1. The Hall–Kier alpha value is -2.65. The first-order chi connectivity index (χ1) is 11.1. The number of hydrogen-bond donors (Lipinski definition) is 4. The molecule has 1 unspecified atom stereocenters. The van der Waals surface area contributed by atoms with Gasteiger partial charge >= 0.3 is 12.1 Å². The van der Waals surface area contributed by atoms with Gasteiger partial charge in [0.2, 0.25) is 0 Å². The fourth-order valence-electron chi connectivity index (χ4n) is 2.17. The Morgan fingerprint density at radius 2 is 2.08 bits per heavy atom. The predicted molar refractivity (Wildman–Crippen MR) is 86.4 cm³/mol. The van der Waals surface area contributed by atoms with Gasteiger partial charge in [-0.1, -0.05) is 0 Å². The number of aromatic nitrogens is 2. The molecule has 2 aromatic rings. The van der Waals surface area contributed by atoms with Crippen LogP contribution in [0.15, 0.2) is 18.2 Å². The van der Waals surface area contributed by atoms with Gasteiger partial charge in [0.1, 0.15) is 24.1 Å². The van der Waals surface area contributed by atoms with Gasteiger partial charge in [0.05, 0.1) is 5.52 Å². The largest absolute Gasteiger partial charge is 0.480 e. The first-order valence-corrected chi connectivity index (χ1v) is 7.23. The number of anilines is 1. The Labute approximate surface area is 138 Å². The third-order valence-electron chi connectivity index (χ3n) is 2.99. The smallest absolute Gasteiger partial charge is 0.412 e. The molecule has 1 aromatic heterocycles. The lowest BCUT2D eigenvalue weighted by molar-refractivity contribution is -0.137. The molecule has 0 aliphatic heterocycles. The molecule has 24 heavy (non-hydrogen) atoms. The molecule has 1 amide bonds. The zero-order valence-electron chi connectivity index (χ0n) is 13.6. The average Bonchev–Trinajstić information content (AvgIpc) is 2.74. The number of hydrogen-bond acceptors (Lipinski definition) is 6. The molecule has 0 aliphatic rings. The van der Waals surface area contributed by atoms with Gasteiger partial charge in [0, 0.05) is 11.1 Å². The van der Waals surface area contributed by atoms with E-state index in [9.17, 15) is 14.7 Å². The van der Waals surface area contributed by atoms with Gasteiger partial charge in [-0.3, -0.25) is 14.8 Å². The molecule has 0 radical (unpaired) electrons. The van der Waals surface area contributed by atoms with Crippen LogP contribution in [-0.4, -0.2) is 37.7 Å². The van der Waals surface area contributed by atoms with Crippen LogP contribution in [0.3, 0.4) is 0 Å². The molecule has 0 fully saturated rings. The number of carbonyl (C=O) groups is 2. The summed E-state index contributed by atoms with van der Waals surface area (Å²) >= 11 is 0. The number of aliphatic hydroxyl groups is 1. The minimum atomic E-state index is -1.38. The highest BCUT2D eigenvalue weighted by molar-refractivity contribution is 5.91. The van der Waals surface area contributed by atoms with Crippen molar-refractivity contribution in [2.45, 2.75) is 39.1 Å². The Balaban J connectivity index is 2.37. The van der Waals surface area contributed by atoms with Crippen molar-refractivity contribution < 1.29 is 24.5 Å². The molecule has 0 saturated heterocycles. The van der Waals surface area contributed by atoms with Gasteiger partial charge < -0.3 is 20.7 Å². The number of carbonyl (C=O) groups excluding carboxylic acids is 1. The summed E-state index contributed by atoms with van der Waals surface area (Å²) in [6, 6.07) is 4.72. The maximum atomic E-state index is 11.8. The number of nitrogens with two attached hydrogens (primary N) is 1. The summed E-state index contributed by atoms with van der Waals surface area (Å²) in [5.74, 6) is -1.08. The number of aliphatic hydroxyl groups excluding tert-OH is 1. The summed E-state index contributed by atoms with van der Waals surface area (Å²) in [5.41, 5.74) is 5.85. The zero-order valence-corrected chi connectivity index (χ0v) is 13.6. The van der Waals surface area contributed by atoms with Crippen molar-refractivity contribution in [2.24, 2.45) is 5.73 Å². The van der Waals surface area contributed by atoms with Crippen LogP contribution in [-0.2, 0) is 16.1 Å². The van der Waals surface area contributed by atoms with E-state index in [1.54, 1.807) is 39.0 Å². The topological polar surface area (TPSA) is 140 Å². The van der Waals surface area contributed by atoms with Crippen LogP contribution in [0, 0.1) is 0 Å². The van der Waals surface area contributed by atoms with Crippen molar-refractivity contribution in [3.63, 3.8) is 0 Å². The number of ether oxygens (including phenoxy) is 1. The van der Waals surface area contributed by atoms with E-state index in [0.29, 0.717) is 16.6 Å². The van der Waals surface area contributed by atoms with Crippen molar-refractivity contribution >= 4 is 28.7 Å². The lowest BCUT2D eigenvalue weighted by Crippen LogP contribution is -2.27. The summed E-state index contributed by atoms with van der Waals surface area (Å²) in [6.45, 7) is 4.86. The molecular formula is C15H20N4O5. The molecule has 130 valence electrons. The van der Waals surface area contributed by atoms with Gasteiger partial charge in [-0.15, -0.1) is 0 Å². The number of nitrogens with one attached hydrogen (secondary N) is 1. The first kappa shape index (κ1) is 17.7. The number of carboxylic acids is 1. The van der Waals surface area contributed by atoms with E-state index < -0.39 is 23.9 Å². The Kier molecular flexibility index (Phi) is 4.76.